The summed E-state index contributed by atoms with van der Waals surface area (Å²) in [6, 6.07) is 8.55. The van der Waals surface area contributed by atoms with Crippen LogP contribution in [0.1, 0.15) is 38.2 Å². The molecule has 2 N–H and O–H groups in total. The Morgan fingerprint density at radius 1 is 1.15 bits per heavy atom. The summed E-state index contributed by atoms with van der Waals surface area (Å²) in [5.41, 5.74) is 7.07. The molecule has 0 saturated carbocycles. The van der Waals surface area contributed by atoms with Gasteiger partial charge >= 0.3 is 0 Å². The third kappa shape index (κ3) is 5.51. The lowest BCUT2D eigenvalue weighted by atomic mass is 10.1. The zero-order chi connectivity index (χ0) is 14.2. The molecule has 1 aromatic rings. The van der Waals surface area contributed by atoms with Crippen LogP contribution in [0.4, 0.5) is 0 Å². The average molecular weight is 276 g/mol. The first-order valence-corrected chi connectivity index (χ1v) is 7.94. The largest absolute Gasteiger partial charge is 0.494 e. The molecule has 0 aliphatic carbocycles. The topological polar surface area (TPSA) is 38.5 Å². The molecule has 0 radical (unpaired) electrons. The fourth-order valence-electron chi connectivity index (χ4n) is 2.75. The van der Waals surface area contributed by atoms with E-state index in [0.717, 1.165) is 25.2 Å². The van der Waals surface area contributed by atoms with Crippen molar-refractivity contribution in [3.63, 3.8) is 0 Å². The second kappa shape index (κ2) is 8.28. The summed E-state index contributed by atoms with van der Waals surface area (Å²) in [7, 11) is 0. The van der Waals surface area contributed by atoms with Gasteiger partial charge in [-0.2, -0.15) is 0 Å². The van der Waals surface area contributed by atoms with Gasteiger partial charge < -0.3 is 15.4 Å². The minimum Gasteiger partial charge on any atom is -0.494 e. The van der Waals surface area contributed by atoms with Gasteiger partial charge in [-0.3, -0.25) is 0 Å². The molecule has 0 spiro atoms. The minimum absolute atomic E-state index is 0.214. The summed E-state index contributed by atoms with van der Waals surface area (Å²) >= 11 is 0. The van der Waals surface area contributed by atoms with Crippen molar-refractivity contribution in [3.05, 3.63) is 29.8 Å². The maximum absolute atomic E-state index is 5.80. The number of rotatable bonds is 7. The van der Waals surface area contributed by atoms with E-state index in [4.69, 9.17) is 10.5 Å². The van der Waals surface area contributed by atoms with E-state index in [1.54, 1.807) is 0 Å². The van der Waals surface area contributed by atoms with Gasteiger partial charge in [0, 0.05) is 12.6 Å². The van der Waals surface area contributed by atoms with E-state index in [2.05, 4.69) is 29.2 Å². The molecule has 3 heteroatoms. The number of ether oxygens (including phenoxy) is 1. The number of nitrogens with two attached hydrogens (primary N) is 1. The highest BCUT2D eigenvalue weighted by atomic mass is 16.5. The van der Waals surface area contributed by atoms with Crippen molar-refractivity contribution in [3.8, 4) is 5.75 Å². The summed E-state index contributed by atoms with van der Waals surface area (Å²) in [5.74, 6) is 0.970. The Balaban J connectivity index is 1.63. The second-order valence-electron chi connectivity index (χ2n) is 5.93. The highest BCUT2D eigenvalue weighted by Gasteiger charge is 2.09. The number of hydrogen-bond acceptors (Lipinski definition) is 3. The predicted molar refractivity (Wildman–Crippen MR) is 84.2 cm³/mol. The molecule has 0 aromatic heterocycles. The standard InChI is InChI=1S/C17H28N2O/c1-15(18)14-16-6-8-17(9-7-16)20-13-5-12-19-10-3-2-4-11-19/h6-9,15H,2-5,10-14,18H2,1H3. The molecular formula is C17H28N2O. The maximum Gasteiger partial charge on any atom is 0.119 e. The first kappa shape index (κ1) is 15.3. The summed E-state index contributed by atoms with van der Waals surface area (Å²) in [6.45, 7) is 6.55. The van der Waals surface area contributed by atoms with Gasteiger partial charge in [0.05, 0.1) is 6.61 Å². The molecule has 1 aliphatic heterocycles. The molecule has 1 unspecified atom stereocenters. The summed E-state index contributed by atoms with van der Waals surface area (Å²) in [4.78, 5) is 2.55. The SMILES string of the molecule is CC(N)Cc1ccc(OCCCN2CCCCC2)cc1. The number of hydrogen-bond donors (Lipinski definition) is 1. The fraction of sp³-hybridized carbons (Fsp3) is 0.647. The van der Waals surface area contributed by atoms with Gasteiger partial charge in [0.1, 0.15) is 5.75 Å². The Hall–Kier alpha value is -1.06. The normalized spacial score (nSPS) is 17.9. The zero-order valence-corrected chi connectivity index (χ0v) is 12.7. The first-order chi connectivity index (χ1) is 9.74. The molecule has 1 saturated heterocycles. The van der Waals surface area contributed by atoms with E-state index in [1.807, 2.05) is 6.92 Å². The van der Waals surface area contributed by atoms with Gasteiger partial charge in [-0.1, -0.05) is 18.6 Å². The van der Waals surface area contributed by atoms with Gasteiger partial charge in [-0.25, -0.2) is 0 Å². The Bertz CT molecular complexity index is 369. The number of piperidine rings is 1. The average Bonchev–Trinajstić information content (AvgIpc) is 2.46. The van der Waals surface area contributed by atoms with Crippen LogP contribution in [0.25, 0.3) is 0 Å². The van der Waals surface area contributed by atoms with Gasteiger partial charge in [-0.15, -0.1) is 0 Å². The molecule has 20 heavy (non-hydrogen) atoms. The Morgan fingerprint density at radius 2 is 1.85 bits per heavy atom. The zero-order valence-electron chi connectivity index (χ0n) is 12.7. The van der Waals surface area contributed by atoms with Crippen LogP contribution in [0.3, 0.4) is 0 Å². The molecule has 0 amide bonds. The summed E-state index contributed by atoms with van der Waals surface area (Å²) in [5, 5.41) is 0. The quantitative estimate of drug-likeness (QED) is 0.778. The van der Waals surface area contributed by atoms with Crippen LogP contribution in [-0.2, 0) is 6.42 Å². The fourth-order valence-corrected chi connectivity index (χ4v) is 2.75. The number of likely N-dealkylation sites (tertiary alicyclic amines) is 1. The number of nitrogens with zero attached hydrogens (tertiary/aromatic N) is 1. The van der Waals surface area contributed by atoms with Crippen molar-refractivity contribution in [1.82, 2.24) is 4.90 Å². The van der Waals surface area contributed by atoms with E-state index in [-0.39, 0.29) is 6.04 Å². The van der Waals surface area contributed by atoms with Crippen LogP contribution in [0.15, 0.2) is 24.3 Å². The second-order valence-corrected chi connectivity index (χ2v) is 5.93. The predicted octanol–water partition coefficient (Wildman–Crippen LogP) is 2.83. The van der Waals surface area contributed by atoms with Gasteiger partial charge in [0.2, 0.25) is 0 Å². The lowest BCUT2D eigenvalue weighted by Gasteiger charge is -2.26. The minimum atomic E-state index is 0.214. The van der Waals surface area contributed by atoms with Gasteiger partial charge in [0.15, 0.2) is 0 Å². The molecule has 1 fully saturated rings. The van der Waals surface area contributed by atoms with Crippen molar-refractivity contribution in [2.45, 2.75) is 45.1 Å². The van der Waals surface area contributed by atoms with E-state index in [1.165, 1.54) is 44.5 Å². The third-order valence-electron chi connectivity index (χ3n) is 3.82. The van der Waals surface area contributed by atoms with Crippen molar-refractivity contribution in [2.75, 3.05) is 26.2 Å². The smallest absolute Gasteiger partial charge is 0.119 e. The van der Waals surface area contributed by atoms with Crippen molar-refractivity contribution >= 4 is 0 Å². The van der Waals surface area contributed by atoms with Gasteiger partial charge in [0.25, 0.3) is 0 Å². The maximum atomic E-state index is 5.80. The molecule has 0 bridgehead atoms. The first-order valence-electron chi connectivity index (χ1n) is 7.94. The monoisotopic (exact) mass is 276 g/mol. The third-order valence-corrected chi connectivity index (χ3v) is 3.82. The van der Waals surface area contributed by atoms with E-state index in [0.29, 0.717) is 0 Å². The highest BCUT2D eigenvalue weighted by molar-refractivity contribution is 5.27. The summed E-state index contributed by atoms with van der Waals surface area (Å²) in [6.07, 6.45) is 6.17. The Morgan fingerprint density at radius 3 is 2.50 bits per heavy atom. The van der Waals surface area contributed by atoms with Crippen LogP contribution in [0.5, 0.6) is 5.75 Å². The van der Waals surface area contributed by atoms with E-state index >= 15 is 0 Å². The lowest BCUT2D eigenvalue weighted by molar-refractivity contribution is 0.205. The number of benzene rings is 1. The van der Waals surface area contributed by atoms with Crippen LogP contribution < -0.4 is 10.5 Å². The van der Waals surface area contributed by atoms with Crippen LogP contribution in [0.2, 0.25) is 0 Å². The van der Waals surface area contributed by atoms with Crippen molar-refractivity contribution in [1.29, 1.82) is 0 Å². The molecule has 3 nitrogen and oxygen atoms in total. The molecule has 112 valence electrons. The highest BCUT2D eigenvalue weighted by Crippen LogP contribution is 2.14. The summed E-state index contributed by atoms with van der Waals surface area (Å²) < 4.78 is 5.80. The van der Waals surface area contributed by atoms with Crippen molar-refractivity contribution < 1.29 is 4.74 Å². The van der Waals surface area contributed by atoms with E-state index < -0.39 is 0 Å². The molecule has 1 heterocycles. The van der Waals surface area contributed by atoms with Crippen LogP contribution >= 0.6 is 0 Å². The van der Waals surface area contributed by atoms with Crippen LogP contribution in [-0.4, -0.2) is 37.2 Å². The molecule has 1 atom stereocenters. The molecule has 1 aromatic carbocycles. The Labute approximate surface area is 123 Å². The molecule has 1 aliphatic rings. The van der Waals surface area contributed by atoms with Crippen LogP contribution in [0, 0.1) is 0 Å². The van der Waals surface area contributed by atoms with Gasteiger partial charge in [-0.05, 0) is 63.4 Å². The lowest BCUT2D eigenvalue weighted by Crippen LogP contribution is -2.31. The molecule has 2 rings (SSSR count). The van der Waals surface area contributed by atoms with E-state index in [9.17, 15) is 0 Å². The molecular weight excluding hydrogens is 248 g/mol. The Kier molecular flexibility index (Phi) is 6.34. The van der Waals surface area contributed by atoms with Crippen molar-refractivity contribution in [2.24, 2.45) is 5.73 Å².